The van der Waals surface area contributed by atoms with Gasteiger partial charge in [0.25, 0.3) is 10.0 Å². The van der Waals surface area contributed by atoms with E-state index in [0.29, 0.717) is 30.5 Å². The number of anilines is 1. The summed E-state index contributed by atoms with van der Waals surface area (Å²) in [7, 11) is -3.97. The number of benzene rings is 2. The molecule has 0 aliphatic rings. The number of sulfonamides is 1. The first-order chi connectivity index (χ1) is 14.3. The molecule has 0 saturated carbocycles. The lowest BCUT2D eigenvalue weighted by Gasteiger charge is -2.26. The fraction of sp³-hybridized carbons (Fsp3) is 0.409. The average Bonchev–Trinajstić information content (AvgIpc) is 2.72. The largest absolute Gasteiger partial charge is 0.492 e. The number of ether oxygens (including phenoxy) is 1. The van der Waals surface area contributed by atoms with Gasteiger partial charge >= 0.3 is 0 Å². The number of para-hydroxylation sites is 2. The Hall–Kier alpha value is -2.19. The molecule has 8 heteroatoms. The summed E-state index contributed by atoms with van der Waals surface area (Å²) in [5.74, 6) is 0.504. The summed E-state index contributed by atoms with van der Waals surface area (Å²) in [5.41, 5.74) is 0.340. The van der Waals surface area contributed by atoms with E-state index in [9.17, 15) is 13.2 Å². The van der Waals surface area contributed by atoms with Crippen LogP contribution in [-0.4, -0.2) is 40.3 Å². The molecule has 6 nitrogen and oxygen atoms in total. The smallest absolute Gasteiger partial charge is 0.264 e. The normalized spacial score (nSPS) is 11.4. The zero-order valence-electron chi connectivity index (χ0n) is 17.9. The maximum atomic E-state index is 13.5. The van der Waals surface area contributed by atoms with Gasteiger partial charge in [0, 0.05) is 11.4 Å². The third-order valence-electron chi connectivity index (χ3n) is 4.41. The minimum absolute atomic E-state index is 0.126. The van der Waals surface area contributed by atoms with Crippen molar-refractivity contribution in [3.8, 4) is 5.75 Å². The van der Waals surface area contributed by atoms with Crippen LogP contribution in [0.1, 0.15) is 27.2 Å². The Kier molecular flexibility index (Phi) is 9.05. The van der Waals surface area contributed by atoms with Crippen LogP contribution in [-0.2, 0) is 14.8 Å². The first kappa shape index (κ1) is 24.1. The molecule has 0 spiro atoms. The van der Waals surface area contributed by atoms with Crippen LogP contribution in [0.15, 0.2) is 58.3 Å². The second-order valence-corrected chi connectivity index (χ2v) is 9.86. The van der Waals surface area contributed by atoms with Gasteiger partial charge in [-0.15, -0.1) is 11.8 Å². The highest BCUT2D eigenvalue weighted by atomic mass is 32.2. The first-order valence-electron chi connectivity index (χ1n) is 9.95. The number of hydrogen-bond acceptors (Lipinski definition) is 5. The van der Waals surface area contributed by atoms with Gasteiger partial charge in [0.15, 0.2) is 0 Å². The number of hydrogen-bond donors (Lipinski definition) is 1. The zero-order chi connectivity index (χ0) is 22.1. The van der Waals surface area contributed by atoms with E-state index >= 15 is 0 Å². The molecular formula is C22H30N2O4S2. The maximum Gasteiger partial charge on any atom is 0.264 e. The molecule has 0 saturated heterocycles. The van der Waals surface area contributed by atoms with Crippen LogP contribution < -0.4 is 14.4 Å². The molecule has 0 heterocycles. The molecule has 30 heavy (non-hydrogen) atoms. The summed E-state index contributed by atoms with van der Waals surface area (Å²) in [6.45, 7) is 6.52. The van der Waals surface area contributed by atoms with Crippen LogP contribution in [0.4, 0.5) is 5.69 Å². The van der Waals surface area contributed by atoms with Crippen LogP contribution in [0.25, 0.3) is 0 Å². The van der Waals surface area contributed by atoms with Crippen LogP contribution >= 0.6 is 11.8 Å². The summed E-state index contributed by atoms with van der Waals surface area (Å²) in [4.78, 5) is 13.7. The minimum Gasteiger partial charge on any atom is -0.492 e. The minimum atomic E-state index is -3.97. The first-order valence-corrected chi connectivity index (χ1v) is 12.6. The Bertz CT molecular complexity index is 928. The van der Waals surface area contributed by atoms with E-state index in [2.05, 4.69) is 19.2 Å². The van der Waals surface area contributed by atoms with Crippen LogP contribution in [0.3, 0.4) is 0 Å². The second kappa shape index (κ2) is 11.3. The molecule has 0 aliphatic carbocycles. The highest BCUT2D eigenvalue weighted by Gasteiger charge is 2.29. The molecule has 0 fully saturated rings. The van der Waals surface area contributed by atoms with Gasteiger partial charge in [-0.05, 0) is 61.9 Å². The highest BCUT2D eigenvalue weighted by molar-refractivity contribution is 7.98. The third kappa shape index (κ3) is 6.40. The number of rotatable bonds is 11. The fourth-order valence-electron chi connectivity index (χ4n) is 2.80. The van der Waals surface area contributed by atoms with E-state index in [0.717, 1.165) is 15.6 Å². The van der Waals surface area contributed by atoms with Crippen molar-refractivity contribution in [2.24, 2.45) is 5.92 Å². The SMILES string of the molecule is CCOc1ccccc1N(CC(=O)NCCC(C)C)S(=O)(=O)c1ccc(SC)cc1. The Morgan fingerprint density at radius 1 is 1.13 bits per heavy atom. The molecule has 0 atom stereocenters. The Morgan fingerprint density at radius 3 is 2.40 bits per heavy atom. The van der Waals surface area contributed by atoms with Crippen molar-refractivity contribution in [2.75, 3.05) is 30.3 Å². The van der Waals surface area contributed by atoms with Gasteiger partial charge in [-0.3, -0.25) is 9.10 Å². The monoisotopic (exact) mass is 450 g/mol. The number of amides is 1. The van der Waals surface area contributed by atoms with E-state index in [1.54, 1.807) is 48.5 Å². The summed E-state index contributed by atoms with van der Waals surface area (Å²) in [6, 6.07) is 13.5. The quantitative estimate of drug-likeness (QED) is 0.520. The maximum absolute atomic E-state index is 13.5. The van der Waals surface area contributed by atoms with Crippen molar-refractivity contribution >= 4 is 33.4 Å². The zero-order valence-corrected chi connectivity index (χ0v) is 19.6. The van der Waals surface area contributed by atoms with Crippen LogP contribution in [0, 0.1) is 5.92 Å². The number of thioether (sulfide) groups is 1. The Morgan fingerprint density at radius 2 is 1.80 bits per heavy atom. The number of nitrogens with zero attached hydrogens (tertiary/aromatic N) is 1. The average molecular weight is 451 g/mol. The molecule has 2 rings (SSSR count). The van der Waals surface area contributed by atoms with Gasteiger partial charge in [0.2, 0.25) is 5.91 Å². The molecule has 1 amide bonds. The number of nitrogens with one attached hydrogen (secondary N) is 1. The van der Waals surface area contributed by atoms with Crippen molar-refractivity contribution in [1.29, 1.82) is 0 Å². The van der Waals surface area contributed by atoms with Crippen molar-refractivity contribution < 1.29 is 17.9 Å². The summed E-state index contributed by atoms with van der Waals surface area (Å²) in [6.07, 6.45) is 2.75. The van der Waals surface area contributed by atoms with Gasteiger partial charge in [0.05, 0.1) is 17.2 Å². The van der Waals surface area contributed by atoms with Crippen LogP contribution in [0.2, 0.25) is 0 Å². The molecule has 2 aromatic rings. The standard InChI is InChI=1S/C22H30N2O4S2/c1-5-28-21-9-7-6-8-20(21)24(16-22(25)23-15-14-17(2)3)30(26,27)19-12-10-18(29-4)11-13-19/h6-13,17H,5,14-16H2,1-4H3,(H,23,25). The van der Waals surface area contributed by atoms with Gasteiger partial charge in [-0.25, -0.2) is 8.42 Å². The van der Waals surface area contributed by atoms with E-state index in [4.69, 9.17) is 4.74 Å². The molecule has 0 aliphatic heterocycles. The predicted molar refractivity (Wildman–Crippen MR) is 123 cm³/mol. The Labute approximate surface area is 184 Å². The van der Waals surface area contributed by atoms with Crippen molar-refractivity contribution in [3.05, 3.63) is 48.5 Å². The van der Waals surface area contributed by atoms with E-state index in [1.807, 2.05) is 13.2 Å². The second-order valence-electron chi connectivity index (χ2n) is 7.12. The van der Waals surface area contributed by atoms with Gasteiger partial charge in [-0.2, -0.15) is 0 Å². The van der Waals surface area contributed by atoms with Gasteiger partial charge in [-0.1, -0.05) is 26.0 Å². The van der Waals surface area contributed by atoms with Crippen molar-refractivity contribution in [3.63, 3.8) is 0 Å². The topological polar surface area (TPSA) is 75.7 Å². The number of carbonyl (C=O) groups excluding carboxylic acids is 1. The van der Waals surface area contributed by atoms with Crippen molar-refractivity contribution in [1.82, 2.24) is 5.32 Å². The van der Waals surface area contributed by atoms with E-state index in [-0.39, 0.29) is 17.3 Å². The molecule has 164 valence electrons. The molecule has 0 bridgehead atoms. The fourth-order valence-corrected chi connectivity index (χ4v) is 4.64. The summed E-state index contributed by atoms with van der Waals surface area (Å²) in [5, 5.41) is 2.82. The molecule has 2 aromatic carbocycles. The van der Waals surface area contributed by atoms with Gasteiger partial charge in [0.1, 0.15) is 12.3 Å². The predicted octanol–water partition coefficient (Wildman–Crippen LogP) is 4.16. The van der Waals surface area contributed by atoms with Crippen LogP contribution in [0.5, 0.6) is 5.75 Å². The lowest BCUT2D eigenvalue weighted by atomic mass is 10.1. The molecule has 1 N–H and O–H groups in total. The van der Waals surface area contributed by atoms with E-state index in [1.165, 1.54) is 11.8 Å². The molecule has 0 radical (unpaired) electrons. The molecule has 0 aromatic heterocycles. The summed E-state index contributed by atoms with van der Waals surface area (Å²) < 4.78 is 33.7. The number of carbonyl (C=O) groups is 1. The van der Waals surface area contributed by atoms with Crippen molar-refractivity contribution in [2.45, 2.75) is 37.0 Å². The van der Waals surface area contributed by atoms with E-state index < -0.39 is 10.0 Å². The lowest BCUT2D eigenvalue weighted by molar-refractivity contribution is -0.119. The Balaban J connectivity index is 2.41. The molecule has 0 unspecified atom stereocenters. The summed E-state index contributed by atoms with van der Waals surface area (Å²) >= 11 is 1.53. The van der Waals surface area contributed by atoms with Gasteiger partial charge < -0.3 is 10.1 Å². The molecular weight excluding hydrogens is 420 g/mol. The highest BCUT2D eigenvalue weighted by Crippen LogP contribution is 2.32. The third-order valence-corrected chi connectivity index (χ3v) is 6.93. The lowest BCUT2D eigenvalue weighted by Crippen LogP contribution is -2.41.